The van der Waals surface area contributed by atoms with Crippen molar-refractivity contribution in [2.75, 3.05) is 26.8 Å². The predicted molar refractivity (Wildman–Crippen MR) is 174 cm³/mol. The van der Waals surface area contributed by atoms with Crippen LogP contribution in [0.5, 0.6) is 0 Å². The topological polar surface area (TPSA) is 91.9 Å². The Kier molecular flexibility index (Phi) is 8.74. The number of para-hydroxylation sites is 1. The van der Waals surface area contributed by atoms with Crippen molar-refractivity contribution in [3.63, 3.8) is 0 Å². The van der Waals surface area contributed by atoms with E-state index in [2.05, 4.69) is 29.2 Å². The molecule has 232 valence electrons. The number of aromatic amines is 1. The maximum absolute atomic E-state index is 14.3. The fourth-order valence-electron chi connectivity index (χ4n) is 6.73. The highest BCUT2D eigenvalue weighted by atomic mass is 16.6. The molecule has 1 aliphatic heterocycles. The van der Waals surface area contributed by atoms with Crippen LogP contribution < -0.4 is 0 Å². The number of esters is 1. The molecule has 0 radical (unpaired) electrons. The lowest BCUT2D eigenvalue weighted by molar-refractivity contribution is -0.153. The monoisotopic (exact) mass is 605 g/mol. The summed E-state index contributed by atoms with van der Waals surface area (Å²) in [6, 6.07) is 22.7. The molecule has 1 aliphatic carbocycles. The standard InChI is InChI=1S/C37H39N3O5/c1-24(2)18-20-39(34(36(42)44-3)21-25-22-38-32-16-9-8-11-26(25)32)35(41)33-17-10-19-40(33)37(43)45-23-31-29-14-6-4-12-27(29)28-13-5-7-15-30(28)31/h4-9,11-16,18,22,31,33-34,38H,10,17,19-21,23H2,1-3H3/t33-,34-/m0/s1. The molecule has 3 aromatic carbocycles. The fourth-order valence-corrected chi connectivity index (χ4v) is 6.73. The minimum absolute atomic E-state index is 0.0767. The number of benzene rings is 3. The summed E-state index contributed by atoms with van der Waals surface area (Å²) in [5.74, 6) is -0.859. The third kappa shape index (κ3) is 5.97. The Hall–Kier alpha value is -4.85. The van der Waals surface area contributed by atoms with Crippen molar-refractivity contribution >= 4 is 28.9 Å². The number of carbonyl (C=O) groups is 3. The van der Waals surface area contributed by atoms with Crippen molar-refractivity contribution in [1.29, 1.82) is 0 Å². The van der Waals surface area contributed by atoms with E-state index in [1.165, 1.54) is 12.0 Å². The summed E-state index contributed by atoms with van der Waals surface area (Å²) in [5, 5.41) is 0.988. The number of ether oxygens (including phenoxy) is 2. The predicted octanol–water partition coefficient (Wildman–Crippen LogP) is 6.46. The van der Waals surface area contributed by atoms with Gasteiger partial charge in [-0.3, -0.25) is 9.69 Å². The molecule has 6 rings (SSSR count). The molecule has 1 fully saturated rings. The molecule has 2 aliphatic rings. The van der Waals surface area contributed by atoms with Gasteiger partial charge in [-0.1, -0.05) is 78.4 Å². The molecule has 0 bridgehead atoms. The minimum atomic E-state index is -0.873. The van der Waals surface area contributed by atoms with Crippen LogP contribution in [0.15, 0.2) is 90.6 Å². The Labute approximate surface area is 263 Å². The number of carbonyl (C=O) groups excluding carboxylic acids is 3. The molecule has 2 amide bonds. The number of nitrogens with zero attached hydrogens (tertiary/aromatic N) is 2. The summed E-state index contributed by atoms with van der Waals surface area (Å²) in [7, 11) is 1.34. The highest BCUT2D eigenvalue weighted by molar-refractivity contribution is 5.91. The first-order valence-corrected chi connectivity index (χ1v) is 15.6. The number of H-pyrrole nitrogens is 1. The highest BCUT2D eigenvalue weighted by Crippen LogP contribution is 2.44. The zero-order valence-electron chi connectivity index (χ0n) is 26.0. The van der Waals surface area contributed by atoms with Crippen molar-refractivity contribution in [2.45, 2.75) is 51.1 Å². The van der Waals surface area contributed by atoms with E-state index in [9.17, 15) is 14.4 Å². The second kappa shape index (κ2) is 13.0. The molecule has 0 spiro atoms. The van der Waals surface area contributed by atoms with Gasteiger partial charge in [0.2, 0.25) is 5.91 Å². The maximum atomic E-state index is 14.3. The van der Waals surface area contributed by atoms with Gasteiger partial charge in [0.25, 0.3) is 0 Å². The average Bonchev–Trinajstić information content (AvgIpc) is 3.79. The minimum Gasteiger partial charge on any atom is -0.467 e. The summed E-state index contributed by atoms with van der Waals surface area (Å²) in [5.41, 5.74) is 7.46. The van der Waals surface area contributed by atoms with E-state index in [0.717, 1.165) is 44.3 Å². The van der Waals surface area contributed by atoms with Gasteiger partial charge in [-0.05, 0) is 60.6 Å². The molecule has 8 heteroatoms. The molecule has 0 saturated carbocycles. The van der Waals surface area contributed by atoms with E-state index in [0.29, 0.717) is 19.4 Å². The summed E-state index contributed by atoms with van der Waals surface area (Å²) >= 11 is 0. The van der Waals surface area contributed by atoms with Crippen LogP contribution in [0.3, 0.4) is 0 Å². The number of hydrogen-bond acceptors (Lipinski definition) is 5. The maximum Gasteiger partial charge on any atom is 0.410 e. The first-order valence-electron chi connectivity index (χ1n) is 15.6. The molecule has 1 N–H and O–H groups in total. The Morgan fingerprint density at radius 3 is 2.33 bits per heavy atom. The van der Waals surface area contributed by atoms with Gasteiger partial charge in [-0.2, -0.15) is 0 Å². The number of amides is 2. The SMILES string of the molecule is COC(=O)[C@H](Cc1c[nH]c2ccccc12)N(CC=C(C)C)C(=O)[C@@H]1CCCN1C(=O)OCC1c2ccccc2-c2ccccc21. The number of hydrogen-bond donors (Lipinski definition) is 1. The number of allylic oxidation sites excluding steroid dienone is 1. The molecule has 2 heterocycles. The normalized spacial score (nSPS) is 16.2. The van der Waals surface area contributed by atoms with E-state index in [1.54, 1.807) is 4.90 Å². The summed E-state index contributed by atoms with van der Waals surface area (Å²) in [4.78, 5) is 47.6. The quantitative estimate of drug-likeness (QED) is 0.175. The first-order chi connectivity index (χ1) is 21.9. The van der Waals surface area contributed by atoms with Crippen molar-refractivity contribution < 1.29 is 23.9 Å². The van der Waals surface area contributed by atoms with Gasteiger partial charge in [0.15, 0.2) is 0 Å². The molecule has 8 nitrogen and oxygen atoms in total. The van der Waals surface area contributed by atoms with Crippen LogP contribution in [0, 0.1) is 0 Å². The van der Waals surface area contributed by atoms with Crippen LogP contribution in [0.4, 0.5) is 4.79 Å². The molecule has 2 atom stereocenters. The van der Waals surface area contributed by atoms with Crippen LogP contribution in [0.25, 0.3) is 22.0 Å². The second-order valence-corrected chi connectivity index (χ2v) is 12.0. The Balaban J connectivity index is 1.23. The summed E-state index contributed by atoms with van der Waals surface area (Å²) in [6.07, 6.45) is 4.73. The van der Waals surface area contributed by atoms with E-state index in [1.807, 2.05) is 74.7 Å². The smallest absolute Gasteiger partial charge is 0.410 e. The number of likely N-dealkylation sites (tertiary alicyclic amines) is 1. The van der Waals surface area contributed by atoms with Gasteiger partial charge in [-0.15, -0.1) is 0 Å². The van der Waals surface area contributed by atoms with Crippen LogP contribution in [-0.4, -0.2) is 71.6 Å². The van der Waals surface area contributed by atoms with Crippen LogP contribution in [0.1, 0.15) is 49.3 Å². The van der Waals surface area contributed by atoms with E-state index >= 15 is 0 Å². The number of methoxy groups -OCH3 is 1. The van der Waals surface area contributed by atoms with Gasteiger partial charge in [0.1, 0.15) is 18.7 Å². The average molecular weight is 606 g/mol. The van der Waals surface area contributed by atoms with Crippen LogP contribution >= 0.6 is 0 Å². The van der Waals surface area contributed by atoms with Gasteiger partial charge in [-0.25, -0.2) is 9.59 Å². The van der Waals surface area contributed by atoms with E-state index < -0.39 is 24.1 Å². The zero-order valence-corrected chi connectivity index (χ0v) is 26.0. The molecule has 1 aromatic heterocycles. The number of fused-ring (bicyclic) bond motifs is 4. The van der Waals surface area contributed by atoms with Gasteiger partial charge in [0, 0.05) is 42.5 Å². The highest BCUT2D eigenvalue weighted by Gasteiger charge is 2.41. The lowest BCUT2D eigenvalue weighted by Crippen LogP contribution is -2.54. The molecule has 4 aromatic rings. The largest absolute Gasteiger partial charge is 0.467 e. The molecule has 45 heavy (non-hydrogen) atoms. The first kappa shape index (κ1) is 30.2. The second-order valence-electron chi connectivity index (χ2n) is 12.0. The number of nitrogens with one attached hydrogen (secondary N) is 1. The number of rotatable bonds is 9. The van der Waals surface area contributed by atoms with Crippen LogP contribution in [0.2, 0.25) is 0 Å². The Bertz CT molecular complexity index is 1710. The molecular weight excluding hydrogens is 566 g/mol. The molecule has 0 unspecified atom stereocenters. The Morgan fingerprint density at radius 1 is 0.978 bits per heavy atom. The lowest BCUT2D eigenvalue weighted by Gasteiger charge is -2.34. The fraction of sp³-hybridized carbons (Fsp3) is 0.324. The van der Waals surface area contributed by atoms with Gasteiger partial charge < -0.3 is 19.4 Å². The van der Waals surface area contributed by atoms with Crippen molar-refractivity contribution in [1.82, 2.24) is 14.8 Å². The molecular formula is C37H39N3O5. The van der Waals surface area contributed by atoms with Crippen LogP contribution in [-0.2, 0) is 25.5 Å². The van der Waals surface area contributed by atoms with Gasteiger partial charge >= 0.3 is 12.1 Å². The lowest BCUT2D eigenvalue weighted by atomic mass is 9.98. The number of aromatic nitrogens is 1. The third-order valence-electron chi connectivity index (χ3n) is 9.03. The Morgan fingerprint density at radius 2 is 1.64 bits per heavy atom. The third-order valence-corrected chi connectivity index (χ3v) is 9.03. The van der Waals surface area contributed by atoms with Crippen molar-refractivity contribution in [3.05, 3.63) is 107 Å². The van der Waals surface area contributed by atoms with Gasteiger partial charge in [0.05, 0.1) is 7.11 Å². The van der Waals surface area contributed by atoms with Crippen molar-refractivity contribution in [3.8, 4) is 11.1 Å². The molecule has 1 saturated heterocycles. The summed E-state index contributed by atoms with van der Waals surface area (Å²) in [6.45, 7) is 4.71. The zero-order chi connectivity index (χ0) is 31.5. The van der Waals surface area contributed by atoms with E-state index in [-0.39, 0.29) is 31.4 Å². The van der Waals surface area contributed by atoms with E-state index in [4.69, 9.17) is 9.47 Å². The van der Waals surface area contributed by atoms with Crippen molar-refractivity contribution in [2.24, 2.45) is 0 Å². The summed E-state index contributed by atoms with van der Waals surface area (Å²) < 4.78 is 11.2.